The number of alkyl halides is 3. The van der Waals surface area contributed by atoms with Gasteiger partial charge in [0.05, 0.1) is 17.3 Å². The number of halogens is 4. The fraction of sp³-hybridized carbons (Fsp3) is 0.222. The number of benzene rings is 2. The molecule has 2 aromatic carbocycles. The molecule has 5 nitrogen and oxygen atoms in total. The number of nitrogens with zero attached hydrogens (tertiary/aromatic N) is 1. The van der Waals surface area contributed by atoms with Crippen molar-refractivity contribution in [1.29, 1.82) is 0 Å². The Morgan fingerprint density at radius 2 is 1.74 bits per heavy atom. The smallest absolute Gasteiger partial charge is 0.333 e. The SMILES string of the molecule is O=C(Nc1ccccc1C(F)(F)F)NC1CC(=O)N(c2ccc(F)cc2)C1. The van der Waals surface area contributed by atoms with E-state index in [2.05, 4.69) is 10.6 Å². The van der Waals surface area contributed by atoms with E-state index in [4.69, 9.17) is 0 Å². The Labute approximate surface area is 152 Å². The van der Waals surface area contributed by atoms with Crippen LogP contribution in [0.2, 0.25) is 0 Å². The van der Waals surface area contributed by atoms with Crippen molar-refractivity contribution >= 4 is 23.3 Å². The van der Waals surface area contributed by atoms with Crippen LogP contribution in [0.1, 0.15) is 12.0 Å². The largest absolute Gasteiger partial charge is 0.418 e. The topological polar surface area (TPSA) is 61.4 Å². The van der Waals surface area contributed by atoms with Crippen LogP contribution in [0.5, 0.6) is 0 Å². The fourth-order valence-corrected chi connectivity index (χ4v) is 2.86. The number of amides is 3. The highest BCUT2D eigenvalue weighted by Gasteiger charge is 2.35. The van der Waals surface area contributed by atoms with Gasteiger partial charge < -0.3 is 15.5 Å². The number of hydrogen-bond acceptors (Lipinski definition) is 2. The van der Waals surface area contributed by atoms with Crippen LogP contribution in [0.25, 0.3) is 0 Å². The first-order valence-electron chi connectivity index (χ1n) is 8.04. The van der Waals surface area contributed by atoms with Gasteiger partial charge in [-0.1, -0.05) is 12.1 Å². The van der Waals surface area contributed by atoms with Gasteiger partial charge >= 0.3 is 12.2 Å². The molecule has 0 aliphatic carbocycles. The van der Waals surface area contributed by atoms with E-state index in [-0.39, 0.29) is 24.6 Å². The van der Waals surface area contributed by atoms with Crippen LogP contribution in [0.15, 0.2) is 48.5 Å². The van der Waals surface area contributed by atoms with Crippen LogP contribution >= 0.6 is 0 Å². The first-order valence-corrected chi connectivity index (χ1v) is 8.04. The molecule has 1 aliphatic rings. The van der Waals surface area contributed by atoms with E-state index in [0.717, 1.165) is 12.1 Å². The van der Waals surface area contributed by atoms with Crippen LogP contribution in [0.3, 0.4) is 0 Å². The standard InChI is InChI=1S/C18H15F4N3O2/c19-11-5-7-13(8-6-11)25-10-12(9-16(25)26)23-17(27)24-15-4-2-1-3-14(15)18(20,21)22/h1-8,12H,9-10H2,(H2,23,24,27). The maximum atomic E-state index is 13.0. The van der Waals surface area contributed by atoms with Crippen molar-refractivity contribution in [3.05, 3.63) is 59.9 Å². The second kappa shape index (κ2) is 7.26. The van der Waals surface area contributed by atoms with Crippen LogP contribution < -0.4 is 15.5 Å². The third kappa shape index (κ3) is 4.36. The molecule has 0 saturated carbocycles. The number of urea groups is 1. The first-order chi connectivity index (χ1) is 12.7. The molecule has 0 bridgehead atoms. The van der Waals surface area contributed by atoms with E-state index in [1.165, 1.54) is 41.3 Å². The van der Waals surface area contributed by atoms with Crippen LogP contribution in [-0.2, 0) is 11.0 Å². The molecule has 1 fully saturated rings. The summed E-state index contributed by atoms with van der Waals surface area (Å²) < 4.78 is 51.9. The van der Waals surface area contributed by atoms with E-state index in [1.54, 1.807) is 0 Å². The van der Waals surface area contributed by atoms with Gasteiger partial charge in [-0.15, -0.1) is 0 Å². The molecule has 0 aromatic heterocycles. The minimum Gasteiger partial charge on any atom is -0.333 e. The zero-order valence-corrected chi connectivity index (χ0v) is 13.9. The number of para-hydroxylation sites is 1. The molecule has 2 N–H and O–H groups in total. The molecule has 3 amide bonds. The Balaban J connectivity index is 1.64. The van der Waals surface area contributed by atoms with Crippen molar-refractivity contribution in [1.82, 2.24) is 5.32 Å². The van der Waals surface area contributed by atoms with E-state index in [9.17, 15) is 27.2 Å². The van der Waals surface area contributed by atoms with Crippen LogP contribution in [0, 0.1) is 5.82 Å². The number of carbonyl (C=O) groups is 2. The van der Waals surface area contributed by atoms with Gasteiger partial charge in [0.15, 0.2) is 0 Å². The van der Waals surface area contributed by atoms with Crippen molar-refractivity contribution in [2.75, 3.05) is 16.8 Å². The van der Waals surface area contributed by atoms with Crippen molar-refractivity contribution in [2.45, 2.75) is 18.6 Å². The Morgan fingerprint density at radius 1 is 1.07 bits per heavy atom. The maximum Gasteiger partial charge on any atom is 0.418 e. The number of nitrogens with one attached hydrogen (secondary N) is 2. The second-order valence-electron chi connectivity index (χ2n) is 6.02. The molecule has 0 spiro atoms. The number of hydrogen-bond donors (Lipinski definition) is 2. The van der Waals surface area contributed by atoms with E-state index < -0.39 is 29.6 Å². The summed E-state index contributed by atoms with van der Waals surface area (Å²) in [5.41, 5.74) is -0.855. The molecular formula is C18H15F4N3O2. The van der Waals surface area contributed by atoms with Gasteiger partial charge in [-0.25, -0.2) is 9.18 Å². The summed E-state index contributed by atoms with van der Waals surface area (Å²) in [5.74, 6) is -0.717. The number of rotatable bonds is 3. The Bertz CT molecular complexity index is 852. The van der Waals surface area contributed by atoms with Crippen molar-refractivity contribution in [3.8, 4) is 0 Å². The zero-order chi connectivity index (χ0) is 19.6. The third-order valence-corrected chi connectivity index (χ3v) is 4.08. The molecule has 1 aliphatic heterocycles. The molecule has 0 radical (unpaired) electrons. The summed E-state index contributed by atoms with van der Waals surface area (Å²) in [7, 11) is 0. The molecule has 2 aromatic rings. The average molecular weight is 381 g/mol. The molecular weight excluding hydrogens is 366 g/mol. The van der Waals surface area contributed by atoms with Gasteiger partial charge in [-0.05, 0) is 36.4 Å². The summed E-state index contributed by atoms with van der Waals surface area (Å²) in [4.78, 5) is 25.6. The van der Waals surface area contributed by atoms with Gasteiger partial charge in [0, 0.05) is 18.7 Å². The lowest BCUT2D eigenvalue weighted by Crippen LogP contribution is -2.40. The summed E-state index contributed by atoms with van der Waals surface area (Å²) in [6.07, 6.45) is -4.61. The van der Waals surface area contributed by atoms with Gasteiger partial charge in [0.1, 0.15) is 5.82 Å². The summed E-state index contributed by atoms with van der Waals surface area (Å²) in [6, 6.07) is 8.49. The van der Waals surface area contributed by atoms with Crippen molar-refractivity contribution in [2.24, 2.45) is 0 Å². The van der Waals surface area contributed by atoms with Gasteiger partial charge in [0.2, 0.25) is 5.91 Å². The lowest BCUT2D eigenvalue weighted by Gasteiger charge is -2.18. The normalized spacial score (nSPS) is 17.1. The van der Waals surface area contributed by atoms with Crippen molar-refractivity contribution in [3.63, 3.8) is 0 Å². The summed E-state index contributed by atoms with van der Waals surface area (Å²) in [5, 5.41) is 4.66. The Kier molecular flexibility index (Phi) is 5.02. The molecule has 27 heavy (non-hydrogen) atoms. The van der Waals surface area contributed by atoms with Gasteiger partial charge in [0.25, 0.3) is 0 Å². The lowest BCUT2D eigenvalue weighted by molar-refractivity contribution is -0.136. The monoisotopic (exact) mass is 381 g/mol. The average Bonchev–Trinajstić information content (AvgIpc) is 2.95. The second-order valence-corrected chi connectivity index (χ2v) is 6.02. The highest BCUT2D eigenvalue weighted by molar-refractivity contribution is 5.97. The number of anilines is 2. The van der Waals surface area contributed by atoms with E-state index in [0.29, 0.717) is 5.69 Å². The van der Waals surface area contributed by atoms with Gasteiger partial charge in [-0.2, -0.15) is 13.2 Å². The number of carbonyl (C=O) groups excluding carboxylic acids is 2. The maximum absolute atomic E-state index is 13.0. The summed E-state index contributed by atoms with van der Waals surface area (Å²) >= 11 is 0. The first kappa shape index (κ1) is 18.7. The van der Waals surface area contributed by atoms with Crippen LogP contribution in [-0.4, -0.2) is 24.5 Å². The van der Waals surface area contributed by atoms with E-state index in [1.807, 2.05) is 0 Å². The van der Waals surface area contributed by atoms with E-state index >= 15 is 0 Å². The lowest BCUT2D eigenvalue weighted by atomic mass is 10.1. The molecule has 1 atom stereocenters. The predicted molar refractivity (Wildman–Crippen MR) is 90.8 cm³/mol. The summed E-state index contributed by atoms with van der Waals surface area (Å²) in [6.45, 7) is 0.138. The zero-order valence-electron chi connectivity index (χ0n) is 13.9. The molecule has 142 valence electrons. The van der Waals surface area contributed by atoms with Crippen LogP contribution in [0.4, 0.5) is 33.7 Å². The fourth-order valence-electron chi connectivity index (χ4n) is 2.86. The minimum atomic E-state index is -4.60. The molecule has 1 saturated heterocycles. The predicted octanol–water partition coefficient (Wildman–Crippen LogP) is 3.77. The highest BCUT2D eigenvalue weighted by Crippen LogP contribution is 2.34. The molecule has 1 unspecified atom stereocenters. The third-order valence-electron chi connectivity index (χ3n) is 4.08. The minimum absolute atomic E-state index is 0.00822. The Morgan fingerprint density at radius 3 is 2.41 bits per heavy atom. The molecule has 3 rings (SSSR count). The highest BCUT2D eigenvalue weighted by atomic mass is 19.4. The van der Waals surface area contributed by atoms with Crippen molar-refractivity contribution < 1.29 is 27.2 Å². The molecule has 1 heterocycles. The Hall–Kier alpha value is -3.10. The van der Waals surface area contributed by atoms with Gasteiger partial charge in [-0.3, -0.25) is 4.79 Å². The molecule has 9 heteroatoms. The quantitative estimate of drug-likeness (QED) is 0.795.